The molecule has 2 amide bonds. The van der Waals surface area contributed by atoms with Crippen molar-refractivity contribution in [1.82, 2.24) is 15.1 Å². The Labute approximate surface area is 133 Å². The summed E-state index contributed by atoms with van der Waals surface area (Å²) in [6.07, 6.45) is 1.29. The topological polar surface area (TPSA) is 61.9 Å². The highest BCUT2D eigenvalue weighted by Gasteiger charge is 2.30. The zero-order valence-corrected chi connectivity index (χ0v) is 14.6. The lowest BCUT2D eigenvalue weighted by Gasteiger charge is -2.39. The van der Waals surface area contributed by atoms with E-state index >= 15 is 0 Å². The third-order valence-corrected chi connectivity index (χ3v) is 3.36. The minimum absolute atomic E-state index is 0.0933. The van der Waals surface area contributed by atoms with Crippen LogP contribution in [0.3, 0.4) is 0 Å². The highest BCUT2D eigenvalue weighted by Crippen LogP contribution is 2.13. The molecule has 1 saturated heterocycles. The molecular weight excluding hydrogens is 282 g/mol. The normalized spacial score (nSPS) is 19.5. The van der Waals surface area contributed by atoms with E-state index < -0.39 is 5.60 Å². The van der Waals surface area contributed by atoms with Gasteiger partial charge in [0.2, 0.25) is 5.91 Å². The first kappa shape index (κ1) is 18.5. The second kappa shape index (κ2) is 7.63. The monoisotopic (exact) mass is 311 g/mol. The number of ether oxygens (including phenoxy) is 1. The molecule has 1 heterocycles. The van der Waals surface area contributed by atoms with E-state index in [0.717, 1.165) is 12.1 Å². The Morgan fingerprint density at radius 3 is 2.45 bits per heavy atom. The van der Waals surface area contributed by atoms with Gasteiger partial charge in [-0.3, -0.25) is 9.69 Å². The van der Waals surface area contributed by atoms with Crippen LogP contribution in [0.5, 0.6) is 0 Å². The van der Waals surface area contributed by atoms with Gasteiger partial charge in [-0.2, -0.15) is 0 Å². The van der Waals surface area contributed by atoms with Gasteiger partial charge < -0.3 is 15.0 Å². The summed E-state index contributed by atoms with van der Waals surface area (Å²) in [6.45, 7) is 11.8. The number of piperazine rings is 1. The maximum absolute atomic E-state index is 12.1. The summed E-state index contributed by atoms with van der Waals surface area (Å²) < 4.78 is 5.41. The molecule has 0 aromatic rings. The third kappa shape index (κ3) is 6.47. The summed E-state index contributed by atoms with van der Waals surface area (Å²) in [5.41, 5.74) is 0.470. The number of carbonyl (C=O) groups is 2. The molecule has 1 atom stereocenters. The predicted molar refractivity (Wildman–Crippen MR) is 86.7 cm³/mol. The van der Waals surface area contributed by atoms with Crippen molar-refractivity contribution in [3.63, 3.8) is 0 Å². The highest BCUT2D eigenvalue weighted by molar-refractivity contribution is 5.88. The number of hydrogen-bond donors (Lipinski definition) is 1. The number of hydrogen-bond acceptors (Lipinski definition) is 4. The molecule has 1 fully saturated rings. The lowest BCUT2D eigenvalue weighted by atomic mass is 10.1. The van der Waals surface area contributed by atoms with Crippen LogP contribution in [0.2, 0.25) is 0 Å². The second-order valence-electron chi connectivity index (χ2n) is 7.03. The Morgan fingerprint density at radius 2 is 1.91 bits per heavy atom. The molecule has 1 aliphatic rings. The van der Waals surface area contributed by atoms with E-state index in [9.17, 15) is 9.59 Å². The van der Waals surface area contributed by atoms with Crippen LogP contribution < -0.4 is 5.32 Å². The van der Waals surface area contributed by atoms with E-state index in [1.807, 2.05) is 41.7 Å². The van der Waals surface area contributed by atoms with E-state index in [4.69, 9.17) is 4.74 Å². The van der Waals surface area contributed by atoms with Gasteiger partial charge >= 0.3 is 6.09 Å². The van der Waals surface area contributed by atoms with Gasteiger partial charge in [0.25, 0.3) is 0 Å². The molecule has 6 heteroatoms. The molecule has 1 rings (SSSR count). The molecule has 1 unspecified atom stereocenters. The minimum Gasteiger partial charge on any atom is -0.444 e. The first-order chi connectivity index (χ1) is 10.1. The van der Waals surface area contributed by atoms with E-state index in [1.165, 1.54) is 0 Å². The van der Waals surface area contributed by atoms with Crippen molar-refractivity contribution in [3.8, 4) is 0 Å². The zero-order chi connectivity index (χ0) is 16.9. The van der Waals surface area contributed by atoms with Crippen molar-refractivity contribution >= 4 is 12.0 Å². The number of nitrogens with zero attached hydrogens (tertiary/aromatic N) is 2. The summed E-state index contributed by atoms with van der Waals surface area (Å²) in [6, 6.07) is 0.0933. The van der Waals surface area contributed by atoms with Crippen LogP contribution in [0.15, 0.2) is 11.6 Å². The van der Waals surface area contributed by atoms with Gasteiger partial charge in [-0.25, -0.2) is 4.79 Å². The van der Waals surface area contributed by atoms with Gasteiger partial charge in [0.1, 0.15) is 5.60 Å². The molecule has 0 aromatic heterocycles. The molecule has 1 N–H and O–H groups in total. The standard InChI is InChI=1S/C16H29N3O3/c1-12(2)9-14(20)17-10-13-11-19(8-7-18(13)6)15(21)22-16(3,4)5/h9,13H,7-8,10-11H2,1-6H3,(H,17,20). The number of likely N-dealkylation sites (N-methyl/N-ethyl adjacent to an activating group) is 1. The van der Waals surface area contributed by atoms with Crippen LogP contribution in [-0.2, 0) is 9.53 Å². The van der Waals surface area contributed by atoms with Crippen molar-refractivity contribution in [1.29, 1.82) is 0 Å². The summed E-state index contributed by atoms with van der Waals surface area (Å²) in [4.78, 5) is 27.7. The van der Waals surface area contributed by atoms with Crippen LogP contribution >= 0.6 is 0 Å². The number of rotatable bonds is 3. The minimum atomic E-state index is -0.492. The Kier molecular flexibility index (Phi) is 6.41. The Morgan fingerprint density at radius 1 is 1.27 bits per heavy atom. The first-order valence-corrected chi connectivity index (χ1v) is 7.69. The molecule has 0 bridgehead atoms. The molecule has 0 aliphatic carbocycles. The average molecular weight is 311 g/mol. The van der Waals surface area contributed by atoms with E-state index in [-0.39, 0.29) is 18.0 Å². The Bertz CT molecular complexity index is 436. The summed E-state index contributed by atoms with van der Waals surface area (Å²) in [5, 5.41) is 2.89. The van der Waals surface area contributed by atoms with Crippen LogP contribution in [0.25, 0.3) is 0 Å². The predicted octanol–water partition coefficient (Wildman–Crippen LogP) is 1.62. The fourth-order valence-corrected chi connectivity index (χ4v) is 2.19. The van der Waals surface area contributed by atoms with Crippen molar-refractivity contribution < 1.29 is 14.3 Å². The van der Waals surface area contributed by atoms with Crippen molar-refractivity contribution in [2.45, 2.75) is 46.3 Å². The Balaban J connectivity index is 2.55. The van der Waals surface area contributed by atoms with Gasteiger partial charge in [-0.05, 0) is 41.7 Å². The third-order valence-electron chi connectivity index (χ3n) is 3.36. The molecule has 0 aromatic carbocycles. The molecule has 1 aliphatic heterocycles. The quantitative estimate of drug-likeness (QED) is 0.805. The van der Waals surface area contributed by atoms with Crippen LogP contribution in [-0.4, -0.2) is 66.7 Å². The van der Waals surface area contributed by atoms with Crippen molar-refractivity contribution in [2.75, 3.05) is 33.2 Å². The van der Waals surface area contributed by atoms with Crippen LogP contribution in [0.1, 0.15) is 34.6 Å². The molecule has 0 spiro atoms. The van der Waals surface area contributed by atoms with Gasteiger partial charge in [-0.15, -0.1) is 0 Å². The molecule has 126 valence electrons. The molecule has 0 radical (unpaired) electrons. The van der Waals surface area contributed by atoms with E-state index in [0.29, 0.717) is 19.6 Å². The summed E-state index contributed by atoms with van der Waals surface area (Å²) >= 11 is 0. The molecule has 6 nitrogen and oxygen atoms in total. The number of amides is 2. The SMILES string of the molecule is CC(C)=CC(=O)NCC1CN(C(=O)OC(C)(C)C)CCN1C. The summed E-state index contributed by atoms with van der Waals surface area (Å²) in [5.74, 6) is -0.0946. The van der Waals surface area contributed by atoms with Crippen molar-refractivity contribution in [3.05, 3.63) is 11.6 Å². The number of allylic oxidation sites excluding steroid dienone is 1. The fourth-order valence-electron chi connectivity index (χ4n) is 2.19. The van der Waals surface area contributed by atoms with Gasteiger partial charge in [0.05, 0.1) is 0 Å². The maximum atomic E-state index is 12.1. The zero-order valence-electron chi connectivity index (χ0n) is 14.6. The lowest BCUT2D eigenvalue weighted by Crippen LogP contribution is -2.57. The smallest absolute Gasteiger partial charge is 0.410 e. The van der Waals surface area contributed by atoms with E-state index in [1.54, 1.807) is 11.0 Å². The first-order valence-electron chi connectivity index (χ1n) is 7.69. The summed E-state index contributed by atoms with van der Waals surface area (Å²) in [7, 11) is 2.00. The molecular formula is C16H29N3O3. The molecule has 22 heavy (non-hydrogen) atoms. The molecule has 0 saturated carbocycles. The second-order valence-corrected chi connectivity index (χ2v) is 7.03. The van der Waals surface area contributed by atoms with Crippen molar-refractivity contribution in [2.24, 2.45) is 0 Å². The number of carbonyl (C=O) groups excluding carboxylic acids is 2. The van der Waals surface area contributed by atoms with Gasteiger partial charge in [0.15, 0.2) is 0 Å². The average Bonchev–Trinajstić information content (AvgIpc) is 2.34. The fraction of sp³-hybridized carbons (Fsp3) is 0.750. The Hall–Kier alpha value is -1.56. The lowest BCUT2D eigenvalue weighted by molar-refractivity contribution is -0.116. The number of nitrogens with one attached hydrogen (secondary N) is 1. The van der Waals surface area contributed by atoms with Gasteiger partial charge in [0, 0.05) is 38.3 Å². The van der Waals surface area contributed by atoms with E-state index in [2.05, 4.69) is 10.2 Å². The van der Waals surface area contributed by atoms with Crippen LogP contribution in [0.4, 0.5) is 4.79 Å². The highest BCUT2D eigenvalue weighted by atomic mass is 16.6. The maximum Gasteiger partial charge on any atom is 0.410 e. The van der Waals surface area contributed by atoms with Crippen LogP contribution in [0, 0.1) is 0 Å². The largest absolute Gasteiger partial charge is 0.444 e. The van der Waals surface area contributed by atoms with Gasteiger partial charge in [-0.1, -0.05) is 5.57 Å².